The Balaban J connectivity index is 0.000000120. The van der Waals surface area contributed by atoms with Gasteiger partial charge in [0.15, 0.2) is 0 Å². The summed E-state index contributed by atoms with van der Waals surface area (Å²) in [6, 6.07) is 71.3. The van der Waals surface area contributed by atoms with E-state index in [1.54, 1.807) is 0 Å². The van der Waals surface area contributed by atoms with Crippen LogP contribution in [0.2, 0.25) is 0 Å². The first-order valence-corrected chi connectivity index (χ1v) is 39.0. The van der Waals surface area contributed by atoms with Crippen molar-refractivity contribution >= 4 is 43.6 Å². The van der Waals surface area contributed by atoms with Crippen LogP contribution in [0.15, 0.2) is 188 Å². The fraction of sp³-hybridized carbons (Fsp3) is 0.381. The lowest BCUT2D eigenvalue weighted by molar-refractivity contribution is -0.633. The monoisotopic (exact) mass is 1330 g/mol. The summed E-state index contributed by atoms with van der Waals surface area (Å²) >= 11 is 0. The SMILES string of the molecule is Cc1cc(C)c(C)c(-c2ccc3cc(C4CCCCC4)ccc3[n+]2C)c1.Cc1cc(C)c(C)c(-c2ccc3ccc(C4CCCCC4)cc3[n+]2C)c1.Cc1ccc(C)c(-c2ccc3ccc(C4CCCCC4)cc3[n+]2C)c1.Cc1ccccc1-c1ccc2ccc(C3CCCCC3)cc2[n+]1C. The molecule has 0 bridgehead atoms. The molecule has 0 unspecified atom stereocenters. The number of rotatable bonds is 8. The standard InChI is InChI=1S/2C25H30N.C24H28N.C23H26N/c1-17-14-18(2)19(3)23(15-17)25-13-11-22-16-21(10-12-24(22)26(25)4)20-8-6-5-7-9-20;1-17-14-18(2)19(3)23(15-17)24-13-12-21-10-11-22(16-25(21)26(24)4)20-8-6-5-7-9-20;1-17-9-10-18(2)22(15-17)23-14-13-20-11-12-21(16-24(20)25(23)3)19-7-5-4-6-8-19;1-17-8-6-7-11-21(17)22-15-14-19-12-13-20(16-23(19)24(22)2)18-9-4-3-5-10-18/h2*10-16,20H,5-9H2,1-4H3;9-16,19H,4-8H2,1-3H3;6-8,11-16,18H,3-5,9-10H2,1-2H3/q4*+1. The van der Waals surface area contributed by atoms with E-state index in [1.807, 2.05) is 0 Å². The molecule has 0 spiro atoms. The summed E-state index contributed by atoms with van der Waals surface area (Å²) in [6.45, 7) is 19.9. The molecule has 4 saturated carbocycles. The normalized spacial score (nSPS) is 15.6. The van der Waals surface area contributed by atoms with E-state index in [1.165, 1.54) is 289 Å². The molecule has 0 radical (unpaired) electrons. The first kappa shape index (κ1) is 70.8. The molecule has 4 aliphatic carbocycles. The van der Waals surface area contributed by atoms with E-state index in [0.717, 1.165) is 23.7 Å². The zero-order valence-corrected chi connectivity index (χ0v) is 63.6. The van der Waals surface area contributed by atoms with Gasteiger partial charge in [-0.15, -0.1) is 0 Å². The lowest BCUT2D eigenvalue weighted by Gasteiger charge is -2.22. The van der Waals surface area contributed by atoms with E-state index in [4.69, 9.17) is 0 Å². The van der Waals surface area contributed by atoms with Crippen LogP contribution in [0.3, 0.4) is 0 Å². The maximum Gasteiger partial charge on any atom is 0.213 e. The highest BCUT2D eigenvalue weighted by Crippen LogP contribution is 2.39. The van der Waals surface area contributed by atoms with Crippen molar-refractivity contribution in [2.75, 3.05) is 0 Å². The Morgan fingerprint density at radius 1 is 0.228 bits per heavy atom. The molecule has 4 aromatic heterocycles. The molecule has 518 valence electrons. The molecule has 4 aliphatic rings. The van der Waals surface area contributed by atoms with Gasteiger partial charge in [-0.3, -0.25) is 0 Å². The lowest BCUT2D eigenvalue weighted by Crippen LogP contribution is -2.32. The third-order valence-corrected chi connectivity index (χ3v) is 24.4. The number of hydrogen-bond donors (Lipinski definition) is 0. The van der Waals surface area contributed by atoms with Gasteiger partial charge in [0.25, 0.3) is 0 Å². The van der Waals surface area contributed by atoms with Gasteiger partial charge in [-0.2, -0.15) is 18.3 Å². The number of aryl methyl sites for hydroxylation is 11. The molecule has 4 heterocycles. The molecule has 0 amide bonds. The molecule has 0 saturated heterocycles. The summed E-state index contributed by atoms with van der Waals surface area (Å²) in [5.74, 6) is 3.02. The quantitative estimate of drug-likeness (QED) is 0.135. The van der Waals surface area contributed by atoms with E-state index in [2.05, 4.69) is 297 Å². The average molecular weight is 1340 g/mol. The smallest absolute Gasteiger partial charge is 0.194 e. The van der Waals surface area contributed by atoms with Crippen molar-refractivity contribution in [2.45, 2.75) is 214 Å². The molecule has 0 aliphatic heterocycles. The molecule has 4 heteroatoms. The van der Waals surface area contributed by atoms with Crippen LogP contribution < -0.4 is 18.3 Å². The third kappa shape index (κ3) is 15.7. The van der Waals surface area contributed by atoms with Crippen LogP contribution in [0.4, 0.5) is 0 Å². The average Bonchev–Trinajstić information content (AvgIpc) is 0.816. The molecule has 0 atom stereocenters. The number of hydrogen-bond acceptors (Lipinski definition) is 0. The van der Waals surface area contributed by atoms with Crippen molar-refractivity contribution in [3.63, 3.8) is 0 Å². The molecule has 16 rings (SSSR count). The van der Waals surface area contributed by atoms with Crippen molar-refractivity contribution in [3.05, 3.63) is 260 Å². The van der Waals surface area contributed by atoms with Crippen LogP contribution in [0.25, 0.3) is 88.6 Å². The van der Waals surface area contributed by atoms with Gasteiger partial charge >= 0.3 is 0 Å². The van der Waals surface area contributed by atoms with Crippen molar-refractivity contribution in [3.8, 4) is 45.0 Å². The summed E-state index contributed by atoms with van der Waals surface area (Å²) < 4.78 is 9.50. The van der Waals surface area contributed by atoms with Crippen LogP contribution in [-0.2, 0) is 28.2 Å². The largest absolute Gasteiger partial charge is 0.213 e. The predicted molar refractivity (Wildman–Crippen MR) is 428 cm³/mol. The zero-order chi connectivity index (χ0) is 70.4. The summed E-state index contributed by atoms with van der Waals surface area (Å²) in [5, 5.41) is 5.35. The molecule has 0 N–H and O–H groups in total. The highest BCUT2D eigenvalue weighted by atomic mass is 15.0. The Bertz CT molecular complexity index is 4960. The number of fused-ring (bicyclic) bond motifs is 4. The minimum atomic E-state index is 0.750. The summed E-state index contributed by atoms with van der Waals surface area (Å²) in [7, 11) is 8.84. The minimum absolute atomic E-state index is 0.750. The van der Waals surface area contributed by atoms with Crippen LogP contribution in [0.1, 0.15) is 224 Å². The van der Waals surface area contributed by atoms with Crippen LogP contribution in [0, 0.1) is 62.3 Å². The summed E-state index contributed by atoms with van der Waals surface area (Å²) in [5.41, 5.74) is 34.2. The number of aromatic nitrogens is 4. The molecule has 4 nitrogen and oxygen atoms in total. The molecule has 4 fully saturated rings. The second-order valence-electron chi connectivity index (χ2n) is 31.4. The highest BCUT2D eigenvalue weighted by molar-refractivity contribution is 5.82. The van der Waals surface area contributed by atoms with E-state index < -0.39 is 0 Å². The Labute approximate surface area is 606 Å². The van der Waals surface area contributed by atoms with Crippen molar-refractivity contribution < 1.29 is 18.3 Å². The van der Waals surface area contributed by atoms with Gasteiger partial charge in [0.1, 0.15) is 28.2 Å². The van der Waals surface area contributed by atoms with Crippen LogP contribution in [-0.4, -0.2) is 0 Å². The van der Waals surface area contributed by atoms with E-state index >= 15 is 0 Å². The molecular formula is C97H114N4+4. The number of pyridine rings is 4. The highest BCUT2D eigenvalue weighted by Gasteiger charge is 2.26. The van der Waals surface area contributed by atoms with Gasteiger partial charge in [0, 0.05) is 92.3 Å². The van der Waals surface area contributed by atoms with Crippen molar-refractivity contribution in [2.24, 2.45) is 28.2 Å². The van der Waals surface area contributed by atoms with Crippen LogP contribution in [0.5, 0.6) is 0 Å². The Morgan fingerprint density at radius 2 is 0.545 bits per heavy atom. The molecule has 101 heavy (non-hydrogen) atoms. The Kier molecular flexibility index (Phi) is 22.3. The van der Waals surface area contributed by atoms with Gasteiger partial charge in [0.05, 0.1) is 0 Å². The number of benzene rings is 8. The predicted octanol–water partition coefficient (Wildman–Crippen LogP) is 24.3. The lowest BCUT2D eigenvalue weighted by atomic mass is 9.83. The van der Waals surface area contributed by atoms with Crippen molar-refractivity contribution in [1.29, 1.82) is 0 Å². The van der Waals surface area contributed by atoms with Crippen LogP contribution >= 0.6 is 0 Å². The van der Waals surface area contributed by atoms with Gasteiger partial charge in [0.2, 0.25) is 44.8 Å². The van der Waals surface area contributed by atoms with E-state index in [-0.39, 0.29) is 0 Å². The maximum atomic E-state index is 2.45. The third-order valence-electron chi connectivity index (χ3n) is 24.4. The summed E-state index contributed by atoms with van der Waals surface area (Å²) in [4.78, 5) is 0. The fourth-order valence-electron chi connectivity index (χ4n) is 18.0. The second kappa shape index (κ2) is 31.7. The maximum absolute atomic E-state index is 2.45. The van der Waals surface area contributed by atoms with Gasteiger partial charge in [-0.05, 0) is 266 Å². The number of nitrogens with zero attached hydrogens (tertiary/aromatic N) is 4. The zero-order valence-electron chi connectivity index (χ0n) is 63.6. The summed E-state index contributed by atoms with van der Waals surface area (Å²) in [6.07, 6.45) is 27.6. The fourth-order valence-corrected chi connectivity index (χ4v) is 18.0. The molecular weight excluding hydrogens is 1220 g/mol. The van der Waals surface area contributed by atoms with Gasteiger partial charge in [-0.1, -0.05) is 160 Å². The first-order chi connectivity index (χ1) is 49.0. The Hall–Kier alpha value is -8.60. The Morgan fingerprint density at radius 3 is 0.950 bits per heavy atom. The van der Waals surface area contributed by atoms with E-state index in [9.17, 15) is 0 Å². The minimum Gasteiger partial charge on any atom is -0.194 e. The van der Waals surface area contributed by atoms with Gasteiger partial charge in [-0.25, -0.2) is 0 Å². The van der Waals surface area contributed by atoms with E-state index in [0.29, 0.717) is 0 Å². The van der Waals surface area contributed by atoms with Crippen molar-refractivity contribution in [1.82, 2.24) is 0 Å². The molecule has 12 aromatic rings. The second-order valence-corrected chi connectivity index (χ2v) is 31.4. The molecule has 8 aromatic carbocycles. The first-order valence-electron chi connectivity index (χ1n) is 39.0. The van der Waals surface area contributed by atoms with Gasteiger partial charge < -0.3 is 0 Å². The topological polar surface area (TPSA) is 15.5 Å².